The van der Waals surface area contributed by atoms with Crippen LogP contribution < -0.4 is 28.4 Å². The lowest BCUT2D eigenvalue weighted by atomic mass is 9.85. The minimum atomic E-state index is -4.52. The van der Waals surface area contributed by atoms with Crippen LogP contribution in [0.25, 0.3) is 0 Å². The monoisotopic (exact) mass is 1020 g/mol. The van der Waals surface area contributed by atoms with Crippen LogP contribution in [0.1, 0.15) is 58.1 Å². The first-order chi connectivity index (χ1) is 33.4. The molecule has 2 N–H and O–H groups in total. The zero-order valence-electron chi connectivity index (χ0n) is 37.2. The Bertz CT molecular complexity index is 2780. The Labute approximate surface area is 398 Å². The number of aromatic nitrogens is 4. The Balaban J connectivity index is 0.000000206. The number of hydrogen-bond acceptors (Lipinski definition) is 14. The number of nitrogens with one attached hydrogen (secondary N) is 2. The van der Waals surface area contributed by atoms with Crippen LogP contribution in [0.5, 0.6) is 23.0 Å². The molecule has 0 bridgehead atoms. The highest BCUT2D eigenvalue weighted by molar-refractivity contribution is 7.93. The molecule has 8 rings (SSSR count). The first-order valence-corrected chi connectivity index (χ1v) is 24.1. The van der Waals surface area contributed by atoms with Crippen molar-refractivity contribution in [1.29, 1.82) is 0 Å². The molecule has 2 aromatic heterocycles. The molecule has 2 aliphatic rings. The molecule has 0 saturated heterocycles. The first-order valence-electron chi connectivity index (χ1n) is 21.2. The van der Waals surface area contributed by atoms with Gasteiger partial charge in [-0.3, -0.25) is 0 Å². The third kappa shape index (κ3) is 12.5. The number of anilines is 2. The quantitative estimate of drug-likeness (QED) is 0.0691. The van der Waals surface area contributed by atoms with E-state index in [1.54, 1.807) is 24.3 Å². The second kappa shape index (κ2) is 21.9. The fourth-order valence-electron chi connectivity index (χ4n) is 7.50. The van der Waals surface area contributed by atoms with Gasteiger partial charge in [0.1, 0.15) is 36.2 Å². The molecule has 16 nitrogen and oxygen atoms in total. The molecule has 2 aliphatic heterocycles. The average molecular weight is 1020 g/mol. The van der Waals surface area contributed by atoms with Gasteiger partial charge in [0.25, 0.3) is 20.0 Å². The molecule has 6 aromatic rings. The van der Waals surface area contributed by atoms with E-state index in [9.17, 15) is 43.2 Å². The molecular formula is C46H44F6N6O10S2. The van der Waals surface area contributed by atoms with Gasteiger partial charge in [-0.1, -0.05) is 24.3 Å². The van der Waals surface area contributed by atoms with Gasteiger partial charge in [0.15, 0.2) is 0 Å². The summed E-state index contributed by atoms with van der Waals surface area (Å²) in [5.41, 5.74) is 0.730. The zero-order chi connectivity index (χ0) is 50.1. The summed E-state index contributed by atoms with van der Waals surface area (Å²) in [6.45, 7) is 1.05. The zero-order valence-corrected chi connectivity index (χ0v) is 38.8. The molecule has 0 amide bonds. The van der Waals surface area contributed by atoms with Crippen molar-refractivity contribution < 1.29 is 71.6 Å². The van der Waals surface area contributed by atoms with E-state index in [2.05, 4.69) is 29.4 Å². The predicted octanol–water partition coefficient (Wildman–Crippen LogP) is 8.47. The van der Waals surface area contributed by atoms with Crippen LogP contribution in [-0.2, 0) is 41.9 Å². The molecule has 70 heavy (non-hydrogen) atoms. The van der Waals surface area contributed by atoms with Gasteiger partial charge in [-0.15, -0.1) is 0 Å². The highest BCUT2D eigenvalue weighted by Gasteiger charge is 2.35. The third-order valence-corrected chi connectivity index (χ3v) is 13.4. The normalized spacial score (nSPS) is 15.7. The van der Waals surface area contributed by atoms with E-state index in [1.165, 1.54) is 75.4 Å². The Kier molecular flexibility index (Phi) is 16.0. The lowest BCUT2D eigenvalue weighted by molar-refractivity contribution is -0.138. The lowest BCUT2D eigenvalue weighted by Gasteiger charge is -2.28. The topological polar surface area (TPSA) is 199 Å². The average Bonchev–Trinajstić information content (AvgIpc) is 3.33. The lowest BCUT2D eigenvalue weighted by Crippen LogP contribution is -2.19. The minimum Gasteiger partial charge on any atom is -0.493 e. The molecule has 4 heterocycles. The summed E-state index contributed by atoms with van der Waals surface area (Å²) < 4.78 is 168. The number of rotatable bonds is 16. The molecule has 0 aliphatic carbocycles. The Hall–Kier alpha value is -6.76. The van der Waals surface area contributed by atoms with Crippen molar-refractivity contribution in [3.05, 3.63) is 143 Å². The van der Waals surface area contributed by atoms with Crippen molar-refractivity contribution in [3.63, 3.8) is 0 Å². The van der Waals surface area contributed by atoms with Crippen molar-refractivity contribution in [3.8, 4) is 23.0 Å². The third-order valence-electron chi connectivity index (χ3n) is 10.8. The molecule has 0 spiro atoms. The van der Waals surface area contributed by atoms with Gasteiger partial charge in [0.05, 0.1) is 47.3 Å². The number of sulfonamides is 2. The van der Waals surface area contributed by atoms with E-state index >= 15 is 0 Å². The number of nitrogens with zero attached hydrogens (tertiary/aromatic N) is 4. The summed E-state index contributed by atoms with van der Waals surface area (Å²) in [5.74, 6) is -0.0509. The van der Waals surface area contributed by atoms with Crippen LogP contribution >= 0.6 is 0 Å². The van der Waals surface area contributed by atoms with E-state index < -0.39 is 43.5 Å². The van der Waals surface area contributed by atoms with Gasteiger partial charge in [-0.25, -0.2) is 46.2 Å². The largest absolute Gasteiger partial charge is 0.493 e. The standard InChI is InChI=1S/2C23H22F3N3O5S/c2*1-32-11-12-34-20-13-15(23(24,25)26)3-5-18(20)17-7-10-33-21-14-16(4-6-19(17)21)35(30,31)29-22-27-8-2-9-28-22/h2*2-6,8-9,13-14,17H,7,10-12H2,1H3,(H,27,28,29)/t2*17-/m10/s1. The minimum absolute atomic E-state index is 0.0617. The summed E-state index contributed by atoms with van der Waals surface area (Å²) in [7, 11) is -5.05. The molecule has 4 aromatic carbocycles. The van der Waals surface area contributed by atoms with Crippen molar-refractivity contribution >= 4 is 31.9 Å². The smallest absolute Gasteiger partial charge is 0.416 e. The highest BCUT2D eigenvalue weighted by Crippen LogP contribution is 2.46. The van der Waals surface area contributed by atoms with Crippen LogP contribution in [0, 0.1) is 0 Å². The molecular weight excluding hydrogens is 975 g/mol. The van der Waals surface area contributed by atoms with Crippen molar-refractivity contribution in [1.82, 2.24) is 19.9 Å². The maximum atomic E-state index is 13.3. The molecule has 0 unspecified atom stereocenters. The Morgan fingerprint density at radius 3 is 1.27 bits per heavy atom. The van der Waals surface area contributed by atoms with Gasteiger partial charge >= 0.3 is 12.4 Å². The maximum absolute atomic E-state index is 13.3. The van der Waals surface area contributed by atoms with Crippen LogP contribution in [0.3, 0.4) is 0 Å². The molecule has 24 heteroatoms. The number of fused-ring (bicyclic) bond motifs is 2. The predicted molar refractivity (Wildman–Crippen MR) is 240 cm³/mol. The molecule has 2 atom stereocenters. The van der Waals surface area contributed by atoms with Gasteiger partial charge in [-0.05, 0) is 61.4 Å². The number of ether oxygens (including phenoxy) is 6. The summed E-state index contributed by atoms with van der Waals surface area (Å²) in [6.07, 6.45) is -2.48. The number of benzene rings is 4. The van der Waals surface area contributed by atoms with E-state index in [-0.39, 0.29) is 84.7 Å². The first kappa shape index (κ1) is 51.1. The fraction of sp³-hybridized carbons (Fsp3) is 0.304. The number of methoxy groups -OCH3 is 2. The number of halogens is 6. The second-order valence-electron chi connectivity index (χ2n) is 15.3. The van der Waals surface area contributed by atoms with Gasteiger partial charge in [0, 0.05) is 85.2 Å². The summed E-state index contributed by atoms with van der Waals surface area (Å²) in [5, 5.41) is 0. The van der Waals surface area contributed by atoms with E-state index in [1.807, 2.05) is 0 Å². The molecule has 372 valence electrons. The highest BCUT2D eigenvalue weighted by atomic mass is 32.2. The van der Waals surface area contributed by atoms with Crippen molar-refractivity contribution in [2.75, 3.05) is 63.3 Å². The summed E-state index contributed by atoms with van der Waals surface area (Å²) >= 11 is 0. The fourth-order valence-corrected chi connectivity index (χ4v) is 9.44. The Morgan fingerprint density at radius 1 is 0.543 bits per heavy atom. The van der Waals surface area contributed by atoms with Crippen molar-refractivity contribution in [2.45, 2.75) is 46.8 Å². The van der Waals surface area contributed by atoms with E-state index in [0.29, 0.717) is 46.6 Å². The summed E-state index contributed by atoms with van der Waals surface area (Å²) in [4.78, 5) is 15.3. The van der Waals surface area contributed by atoms with Crippen LogP contribution in [-0.4, -0.2) is 90.6 Å². The Morgan fingerprint density at radius 2 is 0.914 bits per heavy atom. The summed E-state index contributed by atoms with van der Waals surface area (Å²) in [6, 6.07) is 18.6. The van der Waals surface area contributed by atoms with E-state index in [4.69, 9.17) is 28.4 Å². The number of hydrogen-bond donors (Lipinski definition) is 2. The van der Waals surface area contributed by atoms with Gasteiger partial charge in [-0.2, -0.15) is 26.3 Å². The second-order valence-corrected chi connectivity index (χ2v) is 18.7. The van der Waals surface area contributed by atoms with Crippen LogP contribution in [0.2, 0.25) is 0 Å². The molecule has 0 saturated carbocycles. The maximum Gasteiger partial charge on any atom is 0.416 e. The van der Waals surface area contributed by atoms with Gasteiger partial charge < -0.3 is 28.4 Å². The molecule has 0 fully saturated rings. The SMILES string of the molecule is COCCOc1cc(C(F)(F)F)ccc1[C@@H]1CCOc2cc(S(=O)(=O)Nc3ncccn3)ccc21.COCCOc1cc(C(F)(F)F)ccc1[C@H]1CCOc2cc(S(=O)(=O)Nc3ncccn3)ccc21. The van der Waals surface area contributed by atoms with E-state index in [0.717, 1.165) is 24.3 Å². The van der Waals surface area contributed by atoms with Crippen LogP contribution in [0.4, 0.5) is 38.2 Å². The van der Waals surface area contributed by atoms with Crippen LogP contribution in [0.15, 0.2) is 120 Å². The van der Waals surface area contributed by atoms with Gasteiger partial charge in [0.2, 0.25) is 11.9 Å². The number of alkyl halides is 6. The van der Waals surface area contributed by atoms with Crippen molar-refractivity contribution in [2.24, 2.45) is 0 Å². The molecule has 0 radical (unpaired) electrons.